The highest BCUT2D eigenvalue weighted by molar-refractivity contribution is 7.89. The number of anilines is 1. The number of amides is 2. The molecule has 43 heavy (non-hydrogen) atoms. The van der Waals surface area contributed by atoms with Crippen molar-refractivity contribution in [1.82, 2.24) is 19.1 Å². The van der Waals surface area contributed by atoms with E-state index in [1.165, 1.54) is 56.9 Å². The molecule has 2 aromatic carbocycles. The molecule has 0 aliphatic carbocycles. The summed E-state index contributed by atoms with van der Waals surface area (Å²) in [6, 6.07) is 10.2. The molecule has 2 amide bonds. The maximum Gasteiger partial charge on any atom is 0.409 e. The fourth-order valence-corrected chi connectivity index (χ4v) is 7.40. The van der Waals surface area contributed by atoms with Crippen molar-refractivity contribution in [3.05, 3.63) is 53.8 Å². The molecule has 3 aromatic rings. The van der Waals surface area contributed by atoms with Crippen molar-refractivity contribution in [2.24, 2.45) is 0 Å². The van der Waals surface area contributed by atoms with Crippen LogP contribution in [0.4, 0.5) is 14.3 Å². The first-order valence-electron chi connectivity index (χ1n) is 14.0. The predicted molar refractivity (Wildman–Crippen MR) is 164 cm³/mol. The molecule has 5 rings (SSSR count). The number of aromatic nitrogens is 1. The van der Waals surface area contributed by atoms with Crippen LogP contribution in [0.25, 0.3) is 10.2 Å². The maximum absolute atomic E-state index is 13.8. The van der Waals surface area contributed by atoms with E-state index < -0.39 is 16.1 Å². The van der Waals surface area contributed by atoms with Crippen LogP contribution in [0.2, 0.25) is 0 Å². The van der Waals surface area contributed by atoms with Crippen molar-refractivity contribution >= 4 is 61.1 Å². The van der Waals surface area contributed by atoms with Crippen LogP contribution in [0.1, 0.15) is 23.7 Å². The summed E-state index contributed by atoms with van der Waals surface area (Å²) in [7, 11) is -3.82. The van der Waals surface area contributed by atoms with Gasteiger partial charge in [-0.1, -0.05) is 11.3 Å². The average Bonchev–Trinajstić information content (AvgIpc) is 3.42. The minimum absolute atomic E-state index is 0. The van der Waals surface area contributed by atoms with Crippen molar-refractivity contribution in [3.8, 4) is 0 Å². The van der Waals surface area contributed by atoms with Gasteiger partial charge in [-0.15, -0.1) is 12.4 Å². The van der Waals surface area contributed by atoms with Crippen LogP contribution < -0.4 is 4.90 Å². The van der Waals surface area contributed by atoms with Crippen LogP contribution in [0.15, 0.2) is 47.4 Å². The molecule has 0 unspecified atom stereocenters. The first kappa shape index (κ1) is 33.0. The van der Waals surface area contributed by atoms with E-state index in [1.54, 1.807) is 17.9 Å². The Labute approximate surface area is 260 Å². The number of hydrogen-bond acceptors (Lipinski definition) is 9. The number of benzene rings is 2. The van der Waals surface area contributed by atoms with Gasteiger partial charge in [0.05, 0.1) is 34.9 Å². The van der Waals surface area contributed by atoms with Crippen molar-refractivity contribution in [3.63, 3.8) is 0 Å². The maximum atomic E-state index is 13.8. The number of carbonyl (C=O) groups is 2. The average molecular weight is 656 g/mol. The number of thiazole rings is 1. The molecular weight excluding hydrogens is 621 g/mol. The fourth-order valence-electron chi connectivity index (χ4n) is 4.96. The van der Waals surface area contributed by atoms with Crippen molar-refractivity contribution < 1.29 is 31.9 Å². The molecule has 0 N–H and O–H groups in total. The summed E-state index contributed by atoms with van der Waals surface area (Å²) in [6.07, 6.45) is 0.241. The van der Waals surface area contributed by atoms with Crippen LogP contribution >= 0.6 is 23.7 Å². The summed E-state index contributed by atoms with van der Waals surface area (Å²) in [6.45, 7) is 6.96. The fraction of sp³-hybridized carbons (Fsp3) is 0.464. The summed E-state index contributed by atoms with van der Waals surface area (Å²) in [5.74, 6) is -0.689. The Morgan fingerprint density at radius 3 is 2.42 bits per heavy atom. The third-order valence-electron chi connectivity index (χ3n) is 7.28. The highest BCUT2D eigenvalue weighted by Gasteiger charge is 2.31. The minimum Gasteiger partial charge on any atom is -0.450 e. The number of piperazine rings is 1. The zero-order chi connectivity index (χ0) is 29.7. The second kappa shape index (κ2) is 14.7. The third-order valence-corrected chi connectivity index (χ3v) is 10.2. The molecule has 11 nitrogen and oxygen atoms in total. The lowest BCUT2D eigenvalue weighted by Gasteiger charge is -2.33. The lowest BCUT2D eigenvalue weighted by atomic mass is 10.2. The number of ether oxygens (including phenoxy) is 2. The van der Waals surface area contributed by atoms with E-state index in [4.69, 9.17) is 9.47 Å². The summed E-state index contributed by atoms with van der Waals surface area (Å²) in [5.41, 5.74) is 0.921. The second-order valence-corrected chi connectivity index (χ2v) is 12.9. The number of sulfonamides is 1. The highest BCUT2D eigenvalue weighted by atomic mass is 35.5. The summed E-state index contributed by atoms with van der Waals surface area (Å²) in [5, 5.41) is 0.457. The van der Waals surface area contributed by atoms with Crippen molar-refractivity contribution in [2.45, 2.75) is 18.2 Å². The van der Waals surface area contributed by atoms with E-state index in [1.807, 2.05) is 0 Å². The van der Waals surface area contributed by atoms with Gasteiger partial charge in [0, 0.05) is 57.9 Å². The third kappa shape index (κ3) is 7.80. The molecule has 2 aliphatic rings. The quantitative estimate of drug-likeness (QED) is 0.343. The second-order valence-electron chi connectivity index (χ2n) is 9.99. The molecule has 3 heterocycles. The molecule has 0 spiro atoms. The van der Waals surface area contributed by atoms with E-state index in [-0.39, 0.29) is 61.8 Å². The Morgan fingerprint density at radius 2 is 1.74 bits per heavy atom. The van der Waals surface area contributed by atoms with Gasteiger partial charge in [0.15, 0.2) is 5.13 Å². The lowest BCUT2D eigenvalue weighted by molar-refractivity contribution is 0.0376. The molecule has 2 saturated heterocycles. The number of carbonyl (C=O) groups excluding carboxylic acids is 2. The van der Waals surface area contributed by atoms with E-state index >= 15 is 0 Å². The molecule has 2 aliphatic heterocycles. The molecule has 1 aromatic heterocycles. The van der Waals surface area contributed by atoms with Crippen LogP contribution in [-0.2, 0) is 19.5 Å². The van der Waals surface area contributed by atoms with E-state index in [9.17, 15) is 22.4 Å². The van der Waals surface area contributed by atoms with Gasteiger partial charge < -0.3 is 14.4 Å². The topological polar surface area (TPSA) is 113 Å². The first-order valence-corrected chi connectivity index (χ1v) is 16.2. The monoisotopic (exact) mass is 655 g/mol. The van der Waals surface area contributed by atoms with Gasteiger partial charge in [0.1, 0.15) is 5.82 Å². The van der Waals surface area contributed by atoms with Gasteiger partial charge in [-0.05, 0) is 55.8 Å². The number of rotatable bonds is 9. The van der Waals surface area contributed by atoms with Crippen LogP contribution in [0.3, 0.4) is 0 Å². The van der Waals surface area contributed by atoms with E-state index in [0.717, 1.165) is 19.6 Å². The Bertz CT molecular complexity index is 1510. The number of halogens is 2. The molecule has 0 bridgehead atoms. The molecule has 2 fully saturated rings. The van der Waals surface area contributed by atoms with Gasteiger partial charge in [0.2, 0.25) is 10.0 Å². The summed E-state index contributed by atoms with van der Waals surface area (Å²) >= 11 is 1.24. The predicted octanol–water partition coefficient (Wildman–Crippen LogP) is 3.69. The highest BCUT2D eigenvalue weighted by Crippen LogP contribution is 2.31. The number of fused-ring (bicyclic) bond motifs is 1. The summed E-state index contributed by atoms with van der Waals surface area (Å²) < 4.78 is 52.8. The van der Waals surface area contributed by atoms with Gasteiger partial charge in [-0.25, -0.2) is 22.6 Å². The van der Waals surface area contributed by atoms with Crippen LogP contribution in [-0.4, -0.2) is 112 Å². The molecule has 0 atom stereocenters. The van der Waals surface area contributed by atoms with Gasteiger partial charge in [0.25, 0.3) is 5.91 Å². The summed E-state index contributed by atoms with van der Waals surface area (Å²) in [4.78, 5) is 35.8. The van der Waals surface area contributed by atoms with Gasteiger partial charge >= 0.3 is 6.09 Å². The normalized spacial score (nSPS) is 16.6. The molecule has 0 saturated carbocycles. The molecule has 0 radical (unpaired) electrons. The molecular formula is C28H35ClFN5O6S2. The Morgan fingerprint density at radius 1 is 1.05 bits per heavy atom. The Balaban J connectivity index is 0.00000423. The van der Waals surface area contributed by atoms with Crippen LogP contribution in [0.5, 0.6) is 0 Å². The first-order chi connectivity index (χ1) is 20.3. The van der Waals surface area contributed by atoms with Gasteiger partial charge in [-0.3, -0.25) is 14.6 Å². The van der Waals surface area contributed by atoms with E-state index in [0.29, 0.717) is 47.1 Å². The zero-order valence-electron chi connectivity index (χ0n) is 23.8. The minimum atomic E-state index is -3.82. The van der Waals surface area contributed by atoms with Crippen LogP contribution in [0, 0.1) is 5.82 Å². The number of nitrogens with zero attached hydrogens (tertiary/aromatic N) is 5. The molecule has 15 heteroatoms. The smallest absolute Gasteiger partial charge is 0.409 e. The standard InChI is InChI=1S/C28H34FN5O6S2.ClH/c1-2-40-28(36)32-12-14-33(15-13-32)42(37,38)23-7-4-21(5-8-23)26(35)34(11-3-10-31-16-18-39-19-17-31)27-30-24-9-6-22(29)20-25(24)41-27;/h4-9,20H,2-3,10-19H2,1H3;1H. The molecule has 234 valence electrons. The Hall–Kier alpha value is -2.88. The SMILES string of the molecule is CCOC(=O)N1CCN(S(=O)(=O)c2ccc(C(=O)N(CCCN3CCOCC3)c3nc4ccc(F)cc4s3)cc2)CC1.Cl. The number of hydrogen-bond donors (Lipinski definition) is 0. The van der Waals surface area contributed by atoms with Crippen molar-refractivity contribution in [2.75, 3.05) is 77.1 Å². The number of morpholine rings is 1. The Kier molecular flexibility index (Phi) is 11.3. The lowest BCUT2D eigenvalue weighted by Crippen LogP contribution is -2.50. The van der Waals surface area contributed by atoms with E-state index in [2.05, 4.69) is 9.88 Å². The van der Waals surface area contributed by atoms with Crippen molar-refractivity contribution in [1.29, 1.82) is 0 Å². The zero-order valence-corrected chi connectivity index (χ0v) is 26.3. The van der Waals surface area contributed by atoms with Gasteiger partial charge in [-0.2, -0.15) is 4.31 Å². The largest absolute Gasteiger partial charge is 0.450 e.